The predicted octanol–water partition coefficient (Wildman–Crippen LogP) is 5.72. The summed E-state index contributed by atoms with van der Waals surface area (Å²) in [6, 6.07) is 11.8. The Morgan fingerprint density at radius 3 is 2.53 bits per heavy atom. The molecular weight excluding hydrogens is 396 g/mol. The van der Waals surface area contributed by atoms with Crippen molar-refractivity contribution in [1.82, 2.24) is 4.90 Å². The van der Waals surface area contributed by atoms with Gasteiger partial charge in [-0.2, -0.15) is 0 Å². The number of amidine groups is 1. The van der Waals surface area contributed by atoms with E-state index in [0.29, 0.717) is 29.0 Å². The van der Waals surface area contributed by atoms with Crippen LogP contribution in [0.25, 0.3) is 6.08 Å². The Morgan fingerprint density at radius 2 is 1.83 bits per heavy atom. The first-order chi connectivity index (χ1) is 14.4. The van der Waals surface area contributed by atoms with Crippen LogP contribution < -0.4 is 9.47 Å². The SMILES string of the molecule is CCCOc1ccc(/C=C2/SC(=Nc3ccc(C)c(C)c3)N(C)C2=O)cc1OCC. The summed E-state index contributed by atoms with van der Waals surface area (Å²) in [5.74, 6) is 1.35. The molecule has 0 bridgehead atoms. The average molecular weight is 425 g/mol. The molecule has 30 heavy (non-hydrogen) atoms. The maximum absolute atomic E-state index is 12.8. The number of hydrogen-bond acceptors (Lipinski definition) is 5. The van der Waals surface area contributed by atoms with Crippen molar-refractivity contribution in [2.75, 3.05) is 20.3 Å². The van der Waals surface area contributed by atoms with E-state index in [1.54, 1.807) is 11.9 Å². The quantitative estimate of drug-likeness (QED) is 0.533. The van der Waals surface area contributed by atoms with Crippen LogP contribution in [-0.4, -0.2) is 36.2 Å². The molecule has 0 saturated carbocycles. The number of thioether (sulfide) groups is 1. The Balaban J connectivity index is 1.86. The Bertz CT molecular complexity index is 998. The zero-order chi connectivity index (χ0) is 21.7. The molecule has 0 spiro atoms. The lowest BCUT2D eigenvalue weighted by molar-refractivity contribution is -0.121. The normalized spacial score (nSPS) is 16.6. The molecule has 1 aliphatic rings. The van der Waals surface area contributed by atoms with Crippen molar-refractivity contribution in [1.29, 1.82) is 0 Å². The molecule has 3 rings (SSSR count). The van der Waals surface area contributed by atoms with Crippen LogP contribution in [0.1, 0.15) is 37.0 Å². The van der Waals surface area contributed by atoms with Gasteiger partial charge in [0.2, 0.25) is 0 Å². The molecule has 5 nitrogen and oxygen atoms in total. The van der Waals surface area contributed by atoms with E-state index in [9.17, 15) is 4.79 Å². The fraction of sp³-hybridized carbons (Fsp3) is 0.333. The molecule has 0 unspecified atom stereocenters. The summed E-state index contributed by atoms with van der Waals surface area (Å²) in [5.41, 5.74) is 4.13. The number of hydrogen-bond donors (Lipinski definition) is 0. The van der Waals surface area contributed by atoms with E-state index < -0.39 is 0 Å². The molecule has 2 aromatic carbocycles. The molecule has 1 amide bonds. The van der Waals surface area contributed by atoms with Gasteiger partial charge in [-0.1, -0.05) is 19.1 Å². The van der Waals surface area contributed by atoms with Gasteiger partial charge >= 0.3 is 0 Å². The third-order valence-electron chi connectivity index (χ3n) is 4.75. The molecule has 0 aliphatic carbocycles. The van der Waals surface area contributed by atoms with Crippen molar-refractivity contribution in [3.05, 3.63) is 58.0 Å². The summed E-state index contributed by atoms with van der Waals surface area (Å²) in [7, 11) is 1.75. The minimum atomic E-state index is -0.0631. The second-order valence-corrected chi connectivity index (χ2v) is 8.13. The van der Waals surface area contributed by atoms with E-state index in [1.807, 2.05) is 49.4 Å². The van der Waals surface area contributed by atoms with Crippen molar-refractivity contribution >= 4 is 34.6 Å². The highest BCUT2D eigenvalue weighted by atomic mass is 32.2. The summed E-state index contributed by atoms with van der Waals surface area (Å²) < 4.78 is 11.5. The maximum Gasteiger partial charge on any atom is 0.266 e. The topological polar surface area (TPSA) is 51.1 Å². The van der Waals surface area contributed by atoms with E-state index in [1.165, 1.54) is 22.9 Å². The summed E-state index contributed by atoms with van der Waals surface area (Å²) in [6.07, 6.45) is 2.80. The lowest BCUT2D eigenvalue weighted by Crippen LogP contribution is -2.23. The average Bonchev–Trinajstić information content (AvgIpc) is 2.98. The monoisotopic (exact) mass is 424 g/mol. The number of benzene rings is 2. The standard InChI is InChI=1S/C24H28N2O3S/c1-6-12-29-20-11-9-18(14-21(20)28-7-2)15-22-23(27)26(5)24(30-22)25-19-10-8-16(3)17(4)13-19/h8-11,13-15H,6-7,12H2,1-5H3/b22-15+,25-24?. The molecule has 1 saturated heterocycles. The molecule has 1 fully saturated rings. The van der Waals surface area contributed by atoms with Crippen LogP contribution in [0.3, 0.4) is 0 Å². The van der Waals surface area contributed by atoms with E-state index in [4.69, 9.17) is 9.47 Å². The highest BCUT2D eigenvalue weighted by Gasteiger charge is 2.30. The first-order valence-electron chi connectivity index (χ1n) is 10.2. The highest BCUT2D eigenvalue weighted by Crippen LogP contribution is 2.35. The molecule has 2 aromatic rings. The Labute approximate surface area is 182 Å². The molecule has 0 N–H and O–H groups in total. The maximum atomic E-state index is 12.8. The van der Waals surface area contributed by atoms with Gasteiger partial charge in [0.25, 0.3) is 5.91 Å². The van der Waals surface area contributed by atoms with E-state index >= 15 is 0 Å². The van der Waals surface area contributed by atoms with Gasteiger partial charge in [-0.15, -0.1) is 0 Å². The fourth-order valence-corrected chi connectivity index (χ4v) is 3.91. The van der Waals surface area contributed by atoms with E-state index in [2.05, 4.69) is 25.8 Å². The van der Waals surface area contributed by atoms with Crippen LogP contribution in [-0.2, 0) is 4.79 Å². The zero-order valence-corrected chi connectivity index (χ0v) is 19.0. The first kappa shape index (κ1) is 22.0. The van der Waals surface area contributed by atoms with Gasteiger partial charge in [-0.3, -0.25) is 9.69 Å². The molecule has 1 heterocycles. The van der Waals surface area contributed by atoms with Crippen molar-refractivity contribution in [3.63, 3.8) is 0 Å². The molecule has 0 radical (unpaired) electrons. The third kappa shape index (κ3) is 5.05. The molecule has 158 valence electrons. The zero-order valence-electron chi connectivity index (χ0n) is 18.2. The summed E-state index contributed by atoms with van der Waals surface area (Å²) in [6.45, 7) is 9.32. The highest BCUT2D eigenvalue weighted by molar-refractivity contribution is 8.18. The third-order valence-corrected chi connectivity index (χ3v) is 5.81. The number of nitrogens with zero attached hydrogens (tertiary/aromatic N) is 2. The molecule has 0 atom stereocenters. The number of likely N-dealkylation sites (N-methyl/N-ethyl adjacent to an activating group) is 1. The minimum absolute atomic E-state index is 0.0631. The van der Waals surface area contributed by atoms with Crippen LogP contribution in [0, 0.1) is 13.8 Å². The Morgan fingerprint density at radius 1 is 1.03 bits per heavy atom. The van der Waals surface area contributed by atoms with Crippen LogP contribution in [0.15, 0.2) is 46.3 Å². The summed E-state index contributed by atoms with van der Waals surface area (Å²) in [5, 5.41) is 0.669. The number of carbonyl (C=O) groups is 1. The molecule has 1 aliphatic heterocycles. The van der Waals surface area contributed by atoms with Gasteiger partial charge in [0.1, 0.15) is 0 Å². The number of amides is 1. The van der Waals surface area contributed by atoms with E-state index in [-0.39, 0.29) is 5.91 Å². The number of rotatable bonds is 7. The van der Waals surface area contributed by atoms with Gasteiger partial charge in [0, 0.05) is 7.05 Å². The lowest BCUT2D eigenvalue weighted by atomic mass is 10.1. The lowest BCUT2D eigenvalue weighted by Gasteiger charge is -2.12. The molecule has 0 aromatic heterocycles. The van der Waals surface area contributed by atoms with Crippen molar-refractivity contribution in [3.8, 4) is 11.5 Å². The van der Waals surface area contributed by atoms with Crippen LogP contribution >= 0.6 is 11.8 Å². The van der Waals surface area contributed by atoms with Gasteiger partial charge in [0.15, 0.2) is 16.7 Å². The smallest absolute Gasteiger partial charge is 0.266 e. The predicted molar refractivity (Wildman–Crippen MR) is 125 cm³/mol. The Kier molecular flexibility index (Phi) is 7.21. The second-order valence-electron chi connectivity index (χ2n) is 7.13. The van der Waals surface area contributed by atoms with Gasteiger partial charge in [0.05, 0.1) is 23.8 Å². The van der Waals surface area contributed by atoms with Gasteiger partial charge < -0.3 is 9.47 Å². The van der Waals surface area contributed by atoms with Crippen LogP contribution in [0.4, 0.5) is 5.69 Å². The molecule has 6 heteroatoms. The molecular formula is C24H28N2O3S. The van der Waals surface area contributed by atoms with Crippen molar-refractivity contribution in [2.24, 2.45) is 4.99 Å². The van der Waals surface area contributed by atoms with Crippen LogP contribution in [0.2, 0.25) is 0 Å². The fourth-order valence-electron chi connectivity index (χ4n) is 2.92. The van der Waals surface area contributed by atoms with Crippen molar-refractivity contribution < 1.29 is 14.3 Å². The number of aryl methyl sites for hydroxylation is 2. The largest absolute Gasteiger partial charge is 0.490 e. The van der Waals surface area contributed by atoms with Gasteiger partial charge in [-0.25, -0.2) is 4.99 Å². The summed E-state index contributed by atoms with van der Waals surface area (Å²) >= 11 is 1.38. The second kappa shape index (κ2) is 9.85. The Hall–Kier alpha value is -2.73. The van der Waals surface area contributed by atoms with Crippen molar-refractivity contribution in [2.45, 2.75) is 34.1 Å². The number of carbonyl (C=O) groups excluding carboxylic acids is 1. The first-order valence-corrected chi connectivity index (χ1v) is 11.0. The summed E-state index contributed by atoms with van der Waals surface area (Å²) in [4.78, 5) is 19.6. The van der Waals surface area contributed by atoms with Crippen LogP contribution in [0.5, 0.6) is 11.5 Å². The number of aliphatic imine (C=N–C) groups is 1. The minimum Gasteiger partial charge on any atom is -0.490 e. The number of ether oxygens (including phenoxy) is 2. The van der Waals surface area contributed by atoms with E-state index in [0.717, 1.165) is 23.4 Å². The van der Waals surface area contributed by atoms with Gasteiger partial charge in [-0.05, 0) is 86.0 Å².